The summed E-state index contributed by atoms with van der Waals surface area (Å²) < 4.78 is 0. The SMILES string of the molecule is CC(C)(C)N=Cc1ccc[pH]1. The molecule has 0 aliphatic rings. The second-order valence-corrected chi connectivity index (χ2v) is 4.75. The van der Waals surface area contributed by atoms with Crippen LogP contribution in [-0.2, 0) is 0 Å². The van der Waals surface area contributed by atoms with Crippen LogP contribution in [0.2, 0.25) is 0 Å². The number of nitrogens with zero attached hydrogens (tertiary/aromatic N) is 1. The topological polar surface area (TPSA) is 12.4 Å². The van der Waals surface area contributed by atoms with Crippen molar-refractivity contribution in [1.82, 2.24) is 0 Å². The fourth-order valence-electron chi connectivity index (χ4n) is 0.688. The maximum atomic E-state index is 4.41. The van der Waals surface area contributed by atoms with Gasteiger partial charge in [-0.1, -0.05) is 6.07 Å². The molecule has 0 saturated heterocycles. The molecule has 0 amide bonds. The molecule has 1 aromatic heterocycles. The zero-order chi connectivity index (χ0) is 8.32. The predicted octanol–water partition coefficient (Wildman–Crippen LogP) is 2.94. The van der Waals surface area contributed by atoms with Crippen molar-refractivity contribution in [3.8, 4) is 0 Å². The first-order valence-electron chi connectivity index (χ1n) is 3.76. The van der Waals surface area contributed by atoms with Gasteiger partial charge in [-0.25, -0.2) is 0 Å². The Morgan fingerprint density at radius 2 is 2.18 bits per heavy atom. The fraction of sp³-hybridized carbons (Fsp3) is 0.444. The average molecular weight is 167 g/mol. The Morgan fingerprint density at radius 1 is 1.45 bits per heavy atom. The molecule has 1 rings (SSSR count). The van der Waals surface area contributed by atoms with Crippen LogP contribution in [0.5, 0.6) is 0 Å². The minimum atomic E-state index is 0.0634. The first-order chi connectivity index (χ1) is 5.08. The van der Waals surface area contributed by atoms with Crippen LogP contribution in [-0.4, -0.2) is 11.8 Å². The van der Waals surface area contributed by atoms with Gasteiger partial charge in [-0.05, 0) is 32.6 Å². The minimum Gasteiger partial charge on any atom is -0.286 e. The molecule has 11 heavy (non-hydrogen) atoms. The molecule has 0 aliphatic carbocycles. The third-order valence-electron chi connectivity index (χ3n) is 1.21. The van der Waals surface area contributed by atoms with Crippen molar-refractivity contribution < 1.29 is 0 Å². The normalized spacial score (nSPS) is 13.4. The van der Waals surface area contributed by atoms with Crippen LogP contribution in [0.4, 0.5) is 0 Å². The van der Waals surface area contributed by atoms with E-state index < -0.39 is 0 Å². The van der Waals surface area contributed by atoms with Crippen molar-refractivity contribution in [2.24, 2.45) is 4.99 Å². The van der Waals surface area contributed by atoms with Gasteiger partial charge in [0, 0.05) is 11.5 Å². The molecule has 0 aliphatic heterocycles. The second-order valence-electron chi connectivity index (χ2n) is 3.55. The van der Waals surface area contributed by atoms with E-state index >= 15 is 0 Å². The predicted molar refractivity (Wildman–Crippen MR) is 53.3 cm³/mol. The highest BCUT2D eigenvalue weighted by Gasteiger charge is 2.04. The number of hydrogen-bond donors (Lipinski definition) is 0. The summed E-state index contributed by atoms with van der Waals surface area (Å²) in [5.74, 6) is 2.17. The molecule has 0 aromatic carbocycles. The van der Waals surface area contributed by atoms with E-state index in [4.69, 9.17) is 0 Å². The quantitative estimate of drug-likeness (QED) is 0.570. The molecular weight excluding hydrogens is 153 g/mol. The Hall–Kier alpha value is -0.550. The van der Waals surface area contributed by atoms with Crippen molar-refractivity contribution in [3.05, 3.63) is 23.2 Å². The minimum absolute atomic E-state index is 0.0634. The number of hydrogen-bond acceptors (Lipinski definition) is 1. The Labute approximate surface area is 69.6 Å². The van der Waals surface area contributed by atoms with Gasteiger partial charge < -0.3 is 0 Å². The van der Waals surface area contributed by atoms with Crippen molar-refractivity contribution in [2.45, 2.75) is 26.3 Å². The van der Waals surface area contributed by atoms with Gasteiger partial charge in [-0.2, -0.15) is 0 Å². The largest absolute Gasteiger partial charge is 0.286 e. The van der Waals surface area contributed by atoms with E-state index in [9.17, 15) is 0 Å². The summed E-state index contributed by atoms with van der Waals surface area (Å²) in [4.78, 5) is 4.41. The van der Waals surface area contributed by atoms with E-state index in [0.717, 1.165) is 8.19 Å². The zero-order valence-electron chi connectivity index (χ0n) is 7.26. The Morgan fingerprint density at radius 3 is 2.64 bits per heavy atom. The van der Waals surface area contributed by atoms with Gasteiger partial charge >= 0.3 is 0 Å². The van der Waals surface area contributed by atoms with E-state index in [-0.39, 0.29) is 5.54 Å². The molecule has 0 saturated carbocycles. The first-order valence-corrected chi connectivity index (χ1v) is 4.84. The highest BCUT2D eigenvalue weighted by atomic mass is 31.0. The summed E-state index contributed by atoms with van der Waals surface area (Å²) in [7, 11) is 0.817. The average Bonchev–Trinajstić information content (AvgIpc) is 2.32. The number of rotatable bonds is 1. The highest BCUT2D eigenvalue weighted by molar-refractivity contribution is 7.31. The summed E-state index contributed by atoms with van der Waals surface area (Å²) in [5.41, 5.74) is 0.0634. The highest BCUT2D eigenvalue weighted by Crippen LogP contribution is 2.13. The van der Waals surface area contributed by atoms with E-state index in [1.165, 1.54) is 5.30 Å². The van der Waals surface area contributed by atoms with Crippen molar-refractivity contribution in [2.75, 3.05) is 0 Å². The second kappa shape index (κ2) is 3.23. The van der Waals surface area contributed by atoms with Crippen LogP contribution in [0.3, 0.4) is 0 Å². The lowest BCUT2D eigenvalue weighted by Gasteiger charge is -2.09. The standard InChI is InChI=1S/C9H14NP/c1-9(2,3)10-7-8-5-4-6-11-8/h4-7,11H,1-3H3. The molecule has 2 heteroatoms. The van der Waals surface area contributed by atoms with Crippen molar-refractivity contribution in [3.63, 3.8) is 0 Å². The molecular formula is C9H14NP. The van der Waals surface area contributed by atoms with Gasteiger partial charge in [0.05, 0.1) is 5.54 Å². The van der Waals surface area contributed by atoms with E-state index in [1.54, 1.807) is 0 Å². The molecule has 1 unspecified atom stereocenters. The first kappa shape index (κ1) is 8.55. The van der Waals surface area contributed by atoms with Crippen LogP contribution >= 0.6 is 8.19 Å². The van der Waals surface area contributed by atoms with E-state index in [0.29, 0.717) is 0 Å². The smallest absolute Gasteiger partial charge is 0.0524 e. The zero-order valence-corrected chi connectivity index (χ0v) is 8.26. The molecule has 0 bridgehead atoms. The molecule has 0 radical (unpaired) electrons. The van der Waals surface area contributed by atoms with Crippen LogP contribution in [0.1, 0.15) is 26.1 Å². The van der Waals surface area contributed by atoms with Gasteiger partial charge in [0.15, 0.2) is 0 Å². The van der Waals surface area contributed by atoms with Gasteiger partial charge in [0.25, 0.3) is 0 Å². The number of aliphatic imine (C=N–C) groups is 1. The summed E-state index contributed by atoms with van der Waals surface area (Å²) >= 11 is 0. The lowest BCUT2D eigenvalue weighted by atomic mass is 10.1. The maximum Gasteiger partial charge on any atom is 0.0524 e. The molecule has 0 spiro atoms. The van der Waals surface area contributed by atoms with Gasteiger partial charge in [-0.15, -0.1) is 8.19 Å². The molecule has 1 atom stereocenters. The van der Waals surface area contributed by atoms with Crippen LogP contribution in [0, 0.1) is 0 Å². The monoisotopic (exact) mass is 167 g/mol. The Bertz CT molecular complexity index is 229. The molecule has 1 aromatic rings. The van der Waals surface area contributed by atoms with Crippen molar-refractivity contribution >= 4 is 14.4 Å². The maximum absolute atomic E-state index is 4.41. The summed E-state index contributed by atoms with van der Waals surface area (Å²) in [5, 5.41) is 1.33. The van der Waals surface area contributed by atoms with Crippen molar-refractivity contribution in [1.29, 1.82) is 0 Å². The van der Waals surface area contributed by atoms with E-state index in [2.05, 4.69) is 43.7 Å². The summed E-state index contributed by atoms with van der Waals surface area (Å²) in [6.07, 6.45) is 1.98. The molecule has 1 nitrogen and oxygen atoms in total. The van der Waals surface area contributed by atoms with Crippen LogP contribution in [0.25, 0.3) is 0 Å². The Kier molecular flexibility index (Phi) is 2.51. The lowest BCUT2D eigenvalue weighted by molar-refractivity contribution is 0.587. The fourth-order valence-corrected chi connectivity index (χ4v) is 1.40. The van der Waals surface area contributed by atoms with Gasteiger partial charge in [0.2, 0.25) is 0 Å². The van der Waals surface area contributed by atoms with Gasteiger partial charge in [-0.3, -0.25) is 4.99 Å². The summed E-state index contributed by atoms with van der Waals surface area (Å²) in [6, 6.07) is 4.20. The third-order valence-corrected chi connectivity index (χ3v) is 2.20. The van der Waals surface area contributed by atoms with Crippen LogP contribution < -0.4 is 0 Å². The summed E-state index contributed by atoms with van der Waals surface area (Å²) in [6.45, 7) is 6.32. The third kappa shape index (κ3) is 3.38. The molecule has 1 heterocycles. The molecule has 60 valence electrons. The lowest BCUT2D eigenvalue weighted by Crippen LogP contribution is -2.09. The van der Waals surface area contributed by atoms with Crippen LogP contribution in [0.15, 0.2) is 22.9 Å². The Balaban J connectivity index is 2.63. The van der Waals surface area contributed by atoms with Gasteiger partial charge in [0.1, 0.15) is 0 Å². The molecule has 0 N–H and O–H groups in total. The molecule has 0 fully saturated rings. The van der Waals surface area contributed by atoms with E-state index in [1.807, 2.05) is 6.21 Å².